The molecule has 3 nitrogen and oxygen atoms in total. The highest BCUT2D eigenvalue weighted by Crippen LogP contribution is 2.28. The molecule has 0 spiro atoms. The molecule has 0 radical (unpaired) electrons. The number of carboxylic acid groups (broad SMARTS) is 1. The van der Waals surface area contributed by atoms with Gasteiger partial charge in [0.2, 0.25) is 0 Å². The van der Waals surface area contributed by atoms with Gasteiger partial charge in [-0.15, -0.1) is 0 Å². The first-order valence-corrected chi connectivity index (χ1v) is 3.71. The average Bonchev–Trinajstić information content (AvgIpc) is 2.38. The highest BCUT2D eigenvalue weighted by atomic mass is 19.3. The molecule has 5 heteroatoms. The van der Waals surface area contributed by atoms with Crippen LogP contribution in [0.1, 0.15) is 12.8 Å². The minimum Gasteiger partial charge on any atom is -0.477 e. The summed E-state index contributed by atoms with van der Waals surface area (Å²) in [6.45, 7) is 0.712. The van der Waals surface area contributed by atoms with Gasteiger partial charge in [0.25, 0.3) is 0 Å². The van der Waals surface area contributed by atoms with Crippen LogP contribution in [-0.2, 0) is 9.53 Å². The summed E-state index contributed by atoms with van der Waals surface area (Å²) in [6.07, 6.45) is -0.0782. The molecule has 1 N–H and O–H groups in total. The number of carbonyl (C=O) groups is 1. The van der Waals surface area contributed by atoms with Gasteiger partial charge in [0.1, 0.15) is 0 Å². The summed E-state index contributed by atoms with van der Waals surface area (Å²) >= 11 is 0. The van der Waals surface area contributed by atoms with Crippen LogP contribution in [0.25, 0.3) is 0 Å². The number of halogens is 2. The van der Waals surface area contributed by atoms with Crippen LogP contribution < -0.4 is 0 Å². The Kier molecular flexibility index (Phi) is 2.62. The first kappa shape index (κ1) is 9.38. The van der Waals surface area contributed by atoms with E-state index in [-0.39, 0.29) is 12.5 Å². The highest BCUT2D eigenvalue weighted by molar-refractivity contribution is 5.75. The summed E-state index contributed by atoms with van der Waals surface area (Å²) in [5, 5.41) is 8.11. The molecule has 70 valence electrons. The molecule has 0 aromatic rings. The molecule has 0 aromatic heterocycles. The van der Waals surface area contributed by atoms with E-state index in [1.54, 1.807) is 0 Å². The Morgan fingerprint density at radius 1 is 1.67 bits per heavy atom. The molecule has 12 heavy (non-hydrogen) atoms. The third-order valence-corrected chi connectivity index (χ3v) is 1.88. The Labute approximate surface area is 68.3 Å². The Balaban J connectivity index is 2.42. The fraction of sp³-hybridized carbons (Fsp3) is 0.857. The van der Waals surface area contributed by atoms with Crippen molar-refractivity contribution in [3.8, 4) is 0 Å². The van der Waals surface area contributed by atoms with Crippen LogP contribution >= 0.6 is 0 Å². The monoisotopic (exact) mass is 180 g/mol. The van der Waals surface area contributed by atoms with Crippen molar-refractivity contribution in [2.24, 2.45) is 5.92 Å². The number of hydrogen-bond acceptors (Lipinski definition) is 2. The standard InChI is InChI=1S/C7H10F2O3/c8-7(9,6(10)11)3-5-1-2-12-4-5/h5H,1-4H2,(H,10,11). The smallest absolute Gasteiger partial charge is 0.374 e. The molecule has 0 aromatic carbocycles. The molecule has 1 saturated heterocycles. The second-order valence-electron chi connectivity index (χ2n) is 2.94. The summed E-state index contributed by atoms with van der Waals surface area (Å²) in [5.74, 6) is -5.95. The van der Waals surface area contributed by atoms with Gasteiger partial charge in [-0.2, -0.15) is 8.78 Å². The molecule has 1 heterocycles. The summed E-state index contributed by atoms with van der Waals surface area (Å²) in [6, 6.07) is 0. The van der Waals surface area contributed by atoms with Crippen LogP contribution in [0.15, 0.2) is 0 Å². The van der Waals surface area contributed by atoms with Crippen LogP contribution in [0.3, 0.4) is 0 Å². The van der Waals surface area contributed by atoms with Crippen molar-refractivity contribution in [1.29, 1.82) is 0 Å². The van der Waals surface area contributed by atoms with Gasteiger partial charge < -0.3 is 9.84 Å². The van der Waals surface area contributed by atoms with Crippen LogP contribution in [0, 0.1) is 5.92 Å². The zero-order valence-electron chi connectivity index (χ0n) is 6.43. The first-order chi connectivity index (χ1) is 5.52. The first-order valence-electron chi connectivity index (χ1n) is 3.71. The Morgan fingerprint density at radius 2 is 2.33 bits per heavy atom. The van der Waals surface area contributed by atoms with Gasteiger partial charge >= 0.3 is 11.9 Å². The lowest BCUT2D eigenvalue weighted by atomic mass is 10.0. The average molecular weight is 180 g/mol. The zero-order chi connectivity index (χ0) is 9.19. The Morgan fingerprint density at radius 3 is 2.75 bits per heavy atom. The van der Waals surface area contributed by atoms with Gasteiger partial charge in [0.15, 0.2) is 0 Å². The van der Waals surface area contributed by atoms with Crippen LogP contribution in [0.5, 0.6) is 0 Å². The fourth-order valence-corrected chi connectivity index (χ4v) is 1.19. The molecule has 1 aliphatic rings. The zero-order valence-corrected chi connectivity index (χ0v) is 6.43. The summed E-state index contributed by atoms with van der Waals surface area (Å²) in [4.78, 5) is 10.0. The molecular weight excluding hydrogens is 170 g/mol. The van der Waals surface area contributed by atoms with Crippen LogP contribution in [-0.4, -0.2) is 30.2 Å². The lowest BCUT2D eigenvalue weighted by Gasteiger charge is -2.14. The number of ether oxygens (including phenoxy) is 1. The van der Waals surface area contributed by atoms with E-state index in [9.17, 15) is 13.6 Å². The van der Waals surface area contributed by atoms with E-state index in [1.165, 1.54) is 0 Å². The maximum Gasteiger partial charge on any atom is 0.374 e. The topological polar surface area (TPSA) is 46.5 Å². The molecule has 1 rings (SSSR count). The molecule has 0 amide bonds. The van der Waals surface area contributed by atoms with Crippen molar-refractivity contribution in [1.82, 2.24) is 0 Å². The lowest BCUT2D eigenvalue weighted by Crippen LogP contribution is -2.31. The molecule has 0 aliphatic carbocycles. The maximum absolute atomic E-state index is 12.5. The van der Waals surface area contributed by atoms with E-state index in [2.05, 4.69) is 0 Å². The fourth-order valence-electron chi connectivity index (χ4n) is 1.19. The summed E-state index contributed by atoms with van der Waals surface area (Å²) < 4.78 is 29.9. The predicted molar refractivity (Wildman–Crippen MR) is 36.1 cm³/mol. The minimum absolute atomic E-state index is 0.253. The van der Waals surface area contributed by atoms with Gasteiger partial charge in [-0.05, 0) is 12.3 Å². The van der Waals surface area contributed by atoms with E-state index in [1.807, 2.05) is 0 Å². The van der Waals surface area contributed by atoms with Crippen molar-refractivity contribution >= 4 is 5.97 Å². The summed E-state index contributed by atoms with van der Waals surface area (Å²) in [7, 11) is 0. The van der Waals surface area contributed by atoms with E-state index in [0.29, 0.717) is 13.0 Å². The van der Waals surface area contributed by atoms with Crippen LogP contribution in [0.2, 0.25) is 0 Å². The summed E-state index contributed by atoms with van der Waals surface area (Å²) in [5.41, 5.74) is 0. The number of alkyl halides is 2. The lowest BCUT2D eigenvalue weighted by molar-refractivity contribution is -0.167. The minimum atomic E-state index is -3.60. The normalized spacial score (nSPS) is 24.3. The van der Waals surface area contributed by atoms with E-state index in [0.717, 1.165) is 0 Å². The van der Waals surface area contributed by atoms with Crippen molar-refractivity contribution in [2.75, 3.05) is 13.2 Å². The maximum atomic E-state index is 12.5. The van der Waals surface area contributed by atoms with Crippen molar-refractivity contribution in [3.63, 3.8) is 0 Å². The number of hydrogen-bond donors (Lipinski definition) is 1. The van der Waals surface area contributed by atoms with Gasteiger partial charge in [-0.3, -0.25) is 0 Å². The molecule has 1 atom stereocenters. The third-order valence-electron chi connectivity index (χ3n) is 1.88. The highest BCUT2D eigenvalue weighted by Gasteiger charge is 2.41. The number of carboxylic acids is 1. The molecule has 1 fully saturated rings. The van der Waals surface area contributed by atoms with Crippen molar-refractivity contribution in [2.45, 2.75) is 18.8 Å². The second kappa shape index (κ2) is 3.35. The van der Waals surface area contributed by atoms with Crippen LogP contribution in [0.4, 0.5) is 8.78 Å². The van der Waals surface area contributed by atoms with E-state index < -0.39 is 18.3 Å². The largest absolute Gasteiger partial charge is 0.477 e. The molecule has 1 aliphatic heterocycles. The SMILES string of the molecule is O=C(O)C(F)(F)CC1CCOC1. The second-order valence-corrected chi connectivity index (χ2v) is 2.94. The Hall–Kier alpha value is -0.710. The quantitative estimate of drug-likeness (QED) is 0.708. The van der Waals surface area contributed by atoms with Crippen molar-refractivity contribution < 1.29 is 23.4 Å². The third kappa shape index (κ3) is 2.14. The predicted octanol–water partition coefficient (Wildman–Crippen LogP) is 1.13. The molecule has 0 saturated carbocycles. The van der Waals surface area contributed by atoms with Gasteiger partial charge in [0, 0.05) is 19.6 Å². The molecule has 0 bridgehead atoms. The van der Waals surface area contributed by atoms with Gasteiger partial charge in [-0.1, -0.05) is 0 Å². The molecular formula is C7H10F2O3. The molecule has 1 unspecified atom stereocenters. The number of rotatable bonds is 3. The van der Waals surface area contributed by atoms with Crippen molar-refractivity contribution in [3.05, 3.63) is 0 Å². The van der Waals surface area contributed by atoms with E-state index >= 15 is 0 Å². The Bertz CT molecular complexity index is 175. The van der Waals surface area contributed by atoms with E-state index in [4.69, 9.17) is 9.84 Å². The van der Waals surface area contributed by atoms with Gasteiger partial charge in [0.05, 0.1) is 0 Å². The van der Waals surface area contributed by atoms with Gasteiger partial charge in [-0.25, -0.2) is 4.79 Å². The number of aliphatic carboxylic acids is 1.